The third-order valence-electron chi connectivity index (χ3n) is 4.50. The van der Waals surface area contributed by atoms with E-state index in [1.165, 1.54) is 16.0 Å². The van der Waals surface area contributed by atoms with Crippen LogP contribution in [0.5, 0.6) is 5.75 Å². The number of amides is 2. The molecule has 136 valence electrons. The van der Waals surface area contributed by atoms with E-state index in [1.54, 1.807) is 6.07 Å². The van der Waals surface area contributed by atoms with E-state index in [9.17, 15) is 9.59 Å². The van der Waals surface area contributed by atoms with Crippen molar-refractivity contribution in [1.29, 1.82) is 0 Å². The van der Waals surface area contributed by atoms with E-state index in [0.717, 1.165) is 6.42 Å². The minimum Gasteiger partial charge on any atom is -0.478 e. The quantitative estimate of drug-likeness (QED) is 0.870. The Morgan fingerprint density at radius 1 is 1.15 bits per heavy atom. The van der Waals surface area contributed by atoms with Crippen LogP contribution in [0.15, 0.2) is 48.5 Å². The predicted octanol–water partition coefficient (Wildman–Crippen LogP) is 2.86. The summed E-state index contributed by atoms with van der Waals surface area (Å²) < 4.78 is 5.73. The molecule has 0 unspecified atom stereocenters. The number of rotatable bonds is 6. The number of hydrogen-bond donors (Lipinski definition) is 1. The largest absolute Gasteiger partial charge is 0.478 e. The van der Waals surface area contributed by atoms with Crippen LogP contribution in [0, 0.1) is 6.92 Å². The standard InChI is InChI=1S/C21H24N2O3/c1-3-18-21(25)23(17-6-4-5-7-19(17)26-18)14-20(24)22-13-12-16-10-8-15(2)9-11-16/h4-11,18H,3,12-14H2,1-2H3,(H,22,24)/t18-/m0/s1. The Hall–Kier alpha value is -2.82. The van der Waals surface area contributed by atoms with Crippen LogP contribution in [0.25, 0.3) is 0 Å². The first-order chi connectivity index (χ1) is 12.6. The van der Waals surface area contributed by atoms with Crippen LogP contribution in [-0.4, -0.2) is 31.0 Å². The molecule has 0 aliphatic carbocycles. The molecule has 0 saturated heterocycles. The van der Waals surface area contributed by atoms with Gasteiger partial charge >= 0.3 is 0 Å². The molecule has 3 rings (SSSR count). The maximum Gasteiger partial charge on any atom is 0.268 e. The summed E-state index contributed by atoms with van der Waals surface area (Å²) >= 11 is 0. The van der Waals surface area contributed by atoms with E-state index in [2.05, 4.69) is 29.6 Å². The second-order valence-electron chi connectivity index (χ2n) is 6.49. The SMILES string of the molecule is CC[C@@H]1Oc2ccccc2N(CC(=O)NCCc2ccc(C)cc2)C1=O. The first kappa shape index (κ1) is 18.0. The van der Waals surface area contributed by atoms with Gasteiger partial charge in [0.1, 0.15) is 12.3 Å². The van der Waals surface area contributed by atoms with Gasteiger partial charge < -0.3 is 10.1 Å². The van der Waals surface area contributed by atoms with Crippen LogP contribution in [0.1, 0.15) is 24.5 Å². The molecular weight excluding hydrogens is 328 g/mol. The van der Waals surface area contributed by atoms with Crippen molar-refractivity contribution in [2.45, 2.75) is 32.8 Å². The van der Waals surface area contributed by atoms with Gasteiger partial charge in [0.2, 0.25) is 5.91 Å². The monoisotopic (exact) mass is 352 g/mol. The highest BCUT2D eigenvalue weighted by Gasteiger charge is 2.34. The molecule has 0 saturated carbocycles. The van der Waals surface area contributed by atoms with Gasteiger partial charge in [-0.05, 0) is 37.5 Å². The minimum atomic E-state index is -0.537. The smallest absolute Gasteiger partial charge is 0.268 e. The topological polar surface area (TPSA) is 58.6 Å². The van der Waals surface area contributed by atoms with Crippen LogP contribution >= 0.6 is 0 Å². The number of carbonyl (C=O) groups is 2. The van der Waals surface area contributed by atoms with Gasteiger partial charge in [0.05, 0.1) is 5.69 Å². The summed E-state index contributed by atoms with van der Waals surface area (Å²) in [4.78, 5) is 26.5. The lowest BCUT2D eigenvalue weighted by molar-refractivity contribution is -0.129. The number of ether oxygens (including phenoxy) is 1. The van der Waals surface area contributed by atoms with Gasteiger partial charge in [0, 0.05) is 6.54 Å². The molecule has 1 aliphatic rings. The van der Waals surface area contributed by atoms with Crippen molar-refractivity contribution in [2.75, 3.05) is 18.0 Å². The number of carbonyl (C=O) groups excluding carboxylic acids is 2. The number of benzene rings is 2. The Labute approximate surface area is 154 Å². The molecule has 1 N–H and O–H groups in total. The van der Waals surface area contributed by atoms with E-state index < -0.39 is 6.10 Å². The number of nitrogens with one attached hydrogen (secondary N) is 1. The second kappa shape index (κ2) is 8.04. The molecule has 0 bridgehead atoms. The fourth-order valence-electron chi connectivity index (χ4n) is 3.00. The van der Waals surface area contributed by atoms with Crippen molar-refractivity contribution < 1.29 is 14.3 Å². The third-order valence-corrected chi connectivity index (χ3v) is 4.50. The predicted molar refractivity (Wildman–Crippen MR) is 101 cm³/mol. The molecular formula is C21H24N2O3. The Morgan fingerprint density at radius 2 is 1.88 bits per heavy atom. The number of aryl methyl sites for hydroxylation is 1. The zero-order valence-electron chi connectivity index (χ0n) is 15.2. The van der Waals surface area contributed by atoms with Gasteiger partial charge in [-0.1, -0.05) is 48.9 Å². The van der Waals surface area contributed by atoms with E-state index >= 15 is 0 Å². The molecule has 2 aromatic carbocycles. The lowest BCUT2D eigenvalue weighted by Crippen LogP contribution is -2.49. The van der Waals surface area contributed by atoms with Gasteiger partial charge in [0.15, 0.2) is 6.10 Å². The molecule has 5 nitrogen and oxygen atoms in total. The molecule has 1 heterocycles. The summed E-state index contributed by atoms with van der Waals surface area (Å²) in [6, 6.07) is 15.6. The van der Waals surface area contributed by atoms with Gasteiger partial charge in [-0.25, -0.2) is 0 Å². The first-order valence-electron chi connectivity index (χ1n) is 8.97. The van der Waals surface area contributed by atoms with Crippen LogP contribution < -0.4 is 15.0 Å². The minimum absolute atomic E-state index is 0.00358. The maximum absolute atomic E-state index is 12.6. The summed E-state index contributed by atoms with van der Waals surface area (Å²) in [6.07, 6.45) is 0.793. The van der Waals surface area contributed by atoms with E-state index in [1.807, 2.05) is 32.0 Å². The van der Waals surface area contributed by atoms with Crippen LogP contribution in [0.2, 0.25) is 0 Å². The molecule has 1 aliphatic heterocycles. The van der Waals surface area contributed by atoms with Crippen molar-refractivity contribution in [3.8, 4) is 5.75 Å². The van der Waals surface area contributed by atoms with Gasteiger partial charge in [-0.15, -0.1) is 0 Å². The molecule has 2 aromatic rings. The highest BCUT2D eigenvalue weighted by atomic mass is 16.5. The molecule has 1 atom stereocenters. The van der Waals surface area contributed by atoms with Crippen LogP contribution in [0.3, 0.4) is 0 Å². The summed E-state index contributed by atoms with van der Waals surface area (Å²) in [5.41, 5.74) is 3.04. The van der Waals surface area contributed by atoms with Gasteiger partial charge in [0.25, 0.3) is 5.91 Å². The molecule has 5 heteroatoms. The van der Waals surface area contributed by atoms with Gasteiger partial charge in [-0.2, -0.15) is 0 Å². The van der Waals surface area contributed by atoms with Crippen LogP contribution in [0.4, 0.5) is 5.69 Å². The Balaban J connectivity index is 1.60. The Kier molecular flexibility index (Phi) is 5.56. The Bertz CT molecular complexity index is 786. The lowest BCUT2D eigenvalue weighted by atomic mass is 10.1. The summed E-state index contributed by atoms with van der Waals surface area (Å²) in [7, 11) is 0. The highest BCUT2D eigenvalue weighted by Crippen LogP contribution is 2.34. The molecule has 0 fully saturated rings. The van der Waals surface area contributed by atoms with E-state index in [4.69, 9.17) is 4.74 Å². The molecule has 2 amide bonds. The molecule has 0 aromatic heterocycles. The van der Waals surface area contributed by atoms with Crippen molar-refractivity contribution in [3.05, 3.63) is 59.7 Å². The summed E-state index contributed by atoms with van der Waals surface area (Å²) in [5.74, 6) is 0.309. The zero-order chi connectivity index (χ0) is 18.5. The first-order valence-corrected chi connectivity index (χ1v) is 8.97. The number of anilines is 1. The van der Waals surface area contributed by atoms with E-state index in [-0.39, 0.29) is 18.4 Å². The average molecular weight is 352 g/mol. The maximum atomic E-state index is 12.6. The van der Waals surface area contributed by atoms with E-state index in [0.29, 0.717) is 24.4 Å². The number of para-hydroxylation sites is 2. The summed E-state index contributed by atoms with van der Waals surface area (Å²) in [6.45, 7) is 4.49. The fourth-order valence-corrected chi connectivity index (χ4v) is 3.00. The fraction of sp³-hybridized carbons (Fsp3) is 0.333. The van der Waals surface area contributed by atoms with Gasteiger partial charge in [-0.3, -0.25) is 14.5 Å². The molecule has 0 spiro atoms. The number of hydrogen-bond acceptors (Lipinski definition) is 3. The van der Waals surface area contributed by atoms with Crippen molar-refractivity contribution in [1.82, 2.24) is 5.32 Å². The normalized spacial score (nSPS) is 16.0. The number of fused-ring (bicyclic) bond motifs is 1. The Morgan fingerprint density at radius 3 is 2.62 bits per heavy atom. The second-order valence-corrected chi connectivity index (χ2v) is 6.49. The average Bonchev–Trinajstić information content (AvgIpc) is 2.65. The lowest BCUT2D eigenvalue weighted by Gasteiger charge is -2.33. The van der Waals surface area contributed by atoms with Crippen LogP contribution in [-0.2, 0) is 16.0 Å². The highest BCUT2D eigenvalue weighted by molar-refractivity contribution is 6.03. The van der Waals surface area contributed by atoms with Crippen molar-refractivity contribution in [2.24, 2.45) is 0 Å². The molecule has 0 radical (unpaired) electrons. The summed E-state index contributed by atoms with van der Waals surface area (Å²) in [5, 5.41) is 2.90. The zero-order valence-corrected chi connectivity index (χ0v) is 15.2. The number of nitrogens with zero attached hydrogens (tertiary/aromatic N) is 1. The van der Waals surface area contributed by atoms with Crippen molar-refractivity contribution >= 4 is 17.5 Å². The van der Waals surface area contributed by atoms with Crippen molar-refractivity contribution in [3.63, 3.8) is 0 Å². The molecule has 26 heavy (non-hydrogen) atoms. The third kappa shape index (κ3) is 4.04.